The molecule has 4 N–H and O–H groups in total. The summed E-state index contributed by atoms with van der Waals surface area (Å²) in [7, 11) is 0. The molecular weight excluding hydrogens is 290 g/mol. The molecule has 1 fully saturated rings. The molecule has 1 aromatic rings. The number of primary amides is 1. The number of hydrogen-bond acceptors (Lipinski definition) is 2. The Morgan fingerprint density at radius 3 is 2.26 bits per heavy atom. The van der Waals surface area contributed by atoms with Crippen LogP contribution in [0, 0.1) is 11.3 Å². The number of nitrogens with one attached hydrogen (secondary N) is 2. The largest absolute Gasteiger partial charge is 0.351 e. The van der Waals surface area contributed by atoms with E-state index in [0.29, 0.717) is 17.2 Å². The van der Waals surface area contributed by atoms with Crippen LogP contribution in [0.25, 0.3) is 0 Å². The Bertz CT molecular complexity index is 561. The zero-order valence-corrected chi connectivity index (χ0v) is 14.2. The third-order valence-electron chi connectivity index (χ3n) is 4.61. The summed E-state index contributed by atoms with van der Waals surface area (Å²) < 4.78 is 0. The fourth-order valence-electron chi connectivity index (χ4n) is 3.44. The topological polar surface area (TPSA) is 84.2 Å². The van der Waals surface area contributed by atoms with Crippen LogP contribution < -0.4 is 16.4 Å². The van der Waals surface area contributed by atoms with Gasteiger partial charge in [0.1, 0.15) is 0 Å². The van der Waals surface area contributed by atoms with Gasteiger partial charge in [0.05, 0.1) is 0 Å². The SMILES string of the molecule is CC(C)(C)C1CCCCC1NC(=O)c1ccc(NC(N)=O)cc1. The second-order valence-corrected chi connectivity index (χ2v) is 7.40. The molecule has 1 aromatic carbocycles. The third kappa shape index (κ3) is 4.71. The lowest BCUT2D eigenvalue weighted by atomic mass is 9.69. The Morgan fingerprint density at radius 1 is 1.09 bits per heavy atom. The van der Waals surface area contributed by atoms with Gasteiger partial charge < -0.3 is 16.4 Å². The highest BCUT2D eigenvalue weighted by Gasteiger charge is 2.34. The van der Waals surface area contributed by atoms with E-state index in [1.165, 1.54) is 12.8 Å². The summed E-state index contributed by atoms with van der Waals surface area (Å²) in [6.45, 7) is 6.73. The molecule has 5 nitrogen and oxygen atoms in total. The molecule has 1 saturated carbocycles. The maximum atomic E-state index is 12.5. The van der Waals surface area contributed by atoms with Gasteiger partial charge in [0.15, 0.2) is 0 Å². The molecule has 0 saturated heterocycles. The van der Waals surface area contributed by atoms with Crippen LogP contribution in [-0.4, -0.2) is 18.0 Å². The molecule has 0 aliphatic heterocycles. The van der Waals surface area contributed by atoms with E-state index in [0.717, 1.165) is 12.8 Å². The second-order valence-electron chi connectivity index (χ2n) is 7.40. The van der Waals surface area contributed by atoms with E-state index in [9.17, 15) is 9.59 Å². The van der Waals surface area contributed by atoms with Crippen LogP contribution in [0.15, 0.2) is 24.3 Å². The molecule has 3 amide bonds. The molecule has 2 rings (SSSR count). The lowest BCUT2D eigenvalue weighted by molar-refractivity contribution is 0.0830. The van der Waals surface area contributed by atoms with Crippen LogP contribution in [0.4, 0.5) is 10.5 Å². The number of amides is 3. The third-order valence-corrected chi connectivity index (χ3v) is 4.61. The van der Waals surface area contributed by atoms with Crippen LogP contribution in [0.5, 0.6) is 0 Å². The number of rotatable bonds is 3. The minimum Gasteiger partial charge on any atom is -0.351 e. The summed E-state index contributed by atoms with van der Waals surface area (Å²) in [6.07, 6.45) is 4.60. The number of carbonyl (C=O) groups excluding carboxylic acids is 2. The van der Waals surface area contributed by atoms with Gasteiger partial charge in [-0.25, -0.2) is 4.79 Å². The molecule has 0 bridgehead atoms. The summed E-state index contributed by atoms with van der Waals surface area (Å²) >= 11 is 0. The predicted octanol–water partition coefficient (Wildman–Crippen LogP) is 3.51. The van der Waals surface area contributed by atoms with Crippen molar-refractivity contribution < 1.29 is 9.59 Å². The van der Waals surface area contributed by atoms with E-state index in [4.69, 9.17) is 5.73 Å². The van der Waals surface area contributed by atoms with Gasteiger partial charge in [-0.05, 0) is 48.4 Å². The first kappa shape index (κ1) is 17.3. The standard InChI is InChI=1S/C18H27N3O2/c1-18(2,3)14-6-4-5-7-15(14)21-16(22)12-8-10-13(11-9-12)20-17(19)23/h8-11,14-15H,4-7H2,1-3H3,(H,21,22)(H3,19,20,23). The Kier molecular flexibility index (Phi) is 5.29. The second kappa shape index (κ2) is 7.02. The molecule has 1 aliphatic carbocycles. The fraction of sp³-hybridized carbons (Fsp3) is 0.556. The van der Waals surface area contributed by atoms with Crippen molar-refractivity contribution in [3.63, 3.8) is 0 Å². The number of anilines is 1. The van der Waals surface area contributed by atoms with E-state index in [-0.39, 0.29) is 17.4 Å². The van der Waals surface area contributed by atoms with Crippen LogP contribution in [0.2, 0.25) is 0 Å². The summed E-state index contributed by atoms with van der Waals surface area (Å²) in [4.78, 5) is 23.3. The van der Waals surface area contributed by atoms with Crippen molar-refractivity contribution in [2.45, 2.75) is 52.5 Å². The number of carbonyl (C=O) groups is 2. The van der Waals surface area contributed by atoms with Crippen molar-refractivity contribution in [2.24, 2.45) is 17.1 Å². The minimum atomic E-state index is -0.613. The van der Waals surface area contributed by atoms with Gasteiger partial charge in [-0.15, -0.1) is 0 Å². The Labute approximate surface area is 138 Å². The number of benzene rings is 1. The molecule has 0 spiro atoms. The average molecular weight is 317 g/mol. The highest BCUT2D eigenvalue weighted by Crippen LogP contribution is 2.38. The summed E-state index contributed by atoms with van der Waals surface area (Å²) in [5.74, 6) is 0.438. The first-order chi connectivity index (χ1) is 10.8. The van der Waals surface area contributed by atoms with E-state index in [1.807, 2.05) is 0 Å². The molecule has 126 valence electrons. The molecule has 0 aromatic heterocycles. The van der Waals surface area contributed by atoms with Crippen molar-refractivity contribution in [3.05, 3.63) is 29.8 Å². The van der Waals surface area contributed by atoms with Crippen molar-refractivity contribution >= 4 is 17.6 Å². The van der Waals surface area contributed by atoms with Gasteiger partial charge in [-0.2, -0.15) is 0 Å². The van der Waals surface area contributed by atoms with E-state index in [2.05, 4.69) is 31.4 Å². The highest BCUT2D eigenvalue weighted by molar-refractivity contribution is 5.95. The van der Waals surface area contributed by atoms with E-state index >= 15 is 0 Å². The maximum Gasteiger partial charge on any atom is 0.316 e. The lowest BCUT2D eigenvalue weighted by Crippen LogP contribution is -2.46. The van der Waals surface area contributed by atoms with Gasteiger partial charge in [-0.1, -0.05) is 33.6 Å². The fourth-order valence-corrected chi connectivity index (χ4v) is 3.44. The van der Waals surface area contributed by atoms with Gasteiger partial charge in [0, 0.05) is 17.3 Å². The number of urea groups is 1. The molecule has 1 aliphatic rings. The van der Waals surface area contributed by atoms with Gasteiger partial charge >= 0.3 is 6.03 Å². The zero-order chi connectivity index (χ0) is 17.0. The molecule has 5 heteroatoms. The number of hydrogen-bond donors (Lipinski definition) is 3. The summed E-state index contributed by atoms with van der Waals surface area (Å²) in [5, 5.41) is 5.69. The molecule has 23 heavy (non-hydrogen) atoms. The lowest BCUT2D eigenvalue weighted by Gasteiger charge is -2.40. The Hall–Kier alpha value is -2.04. The molecule has 0 heterocycles. The van der Waals surface area contributed by atoms with Crippen molar-refractivity contribution in [2.75, 3.05) is 5.32 Å². The van der Waals surface area contributed by atoms with Crippen molar-refractivity contribution in [1.29, 1.82) is 0 Å². The molecule has 0 radical (unpaired) electrons. The summed E-state index contributed by atoms with van der Waals surface area (Å²) in [5.41, 5.74) is 6.44. The van der Waals surface area contributed by atoms with Crippen molar-refractivity contribution in [3.8, 4) is 0 Å². The van der Waals surface area contributed by atoms with Crippen LogP contribution in [0.1, 0.15) is 56.8 Å². The molecule has 2 atom stereocenters. The zero-order valence-electron chi connectivity index (χ0n) is 14.2. The van der Waals surface area contributed by atoms with Crippen molar-refractivity contribution in [1.82, 2.24) is 5.32 Å². The minimum absolute atomic E-state index is 0.0585. The molecule has 2 unspecified atom stereocenters. The Morgan fingerprint density at radius 2 is 1.70 bits per heavy atom. The predicted molar refractivity (Wildman–Crippen MR) is 92.3 cm³/mol. The van der Waals surface area contributed by atoms with Crippen LogP contribution in [0.3, 0.4) is 0 Å². The van der Waals surface area contributed by atoms with Crippen LogP contribution >= 0.6 is 0 Å². The van der Waals surface area contributed by atoms with E-state index < -0.39 is 6.03 Å². The molecular formula is C18H27N3O2. The first-order valence-electron chi connectivity index (χ1n) is 8.25. The van der Waals surface area contributed by atoms with Gasteiger partial charge in [0.25, 0.3) is 5.91 Å². The summed E-state index contributed by atoms with van der Waals surface area (Å²) in [6, 6.07) is 6.38. The van der Waals surface area contributed by atoms with E-state index in [1.54, 1.807) is 24.3 Å². The normalized spacial score (nSPS) is 21.5. The average Bonchev–Trinajstić information content (AvgIpc) is 2.46. The first-order valence-corrected chi connectivity index (χ1v) is 8.25. The smallest absolute Gasteiger partial charge is 0.316 e. The Balaban J connectivity index is 2.04. The van der Waals surface area contributed by atoms with Crippen LogP contribution in [-0.2, 0) is 0 Å². The number of nitrogens with two attached hydrogens (primary N) is 1. The monoisotopic (exact) mass is 317 g/mol. The van der Waals surface area contributed by atoms with Gasteiger partial charge in [-0.3, -0.25) is 4.79 Å². The van der Waals surface area contributed by atoms with Gasteiger partial charge in [0.2, 0.25) is 0 Å². The highest BCUT2D eigenvalue weighted by atomic mass is 16.2. The quantitative estimate of drug-likeness (QED) is 0.797. The maximum absolute atomic E-state index is 12.5.